The van der Waals surface area contributed by atoms with Gasteiger partial charge in [-0.05, 0) is 47.2 Å². The maximum Gasteiger partial charge on any atom is 0.333 e. The second-order valence-electron chi connectivity index (χ2n) is 7.63. The molecule has 0 aliphatic rings. The van der Waals surface area contributed by atoms with Crippen molar-refractivity contribution in [2.75, 3.05) is 5.32 Å². The average Bonchev–Trinajstić information content (AvgIpc) is 2.67. The van der Waals surface area contributed by atoms with Crippen molar-refractivity contribution >= 4 is 39.1 Å². The smallest absolute Gasteiger partial charge is 0.307 e. The minimum absolute atomic E-state index is 0.0600. The Bertz CT molecular complexity index is 1030. The number of rotatable bonds is 7. The zero-order valence-corrected chi connectivity index (χ0v) is 19.3. The summed E-state index contributed by atoms with van der Waals surface area (Å²) in [5.41, 5.74) is 2.46. The molecule has 0 aliphatic carbocycles. The van der Waals surface area contributed by atoms with Crippen LogP contribution in [0.5, 0.6) is 0 Å². The summed E-state index contributed by atoms with van der Waals surface area (Å²) in [5, 5.41) is 3.24. The van der Waals surface area contributed by atoms with E-state index in [2.05, 4.69) is 5.32 Å². The SMILES string of the molecule is CCC(=O)c1cccc(S(=O)(=O)NC(=O)Nc2c(C(C)C)cc(Cl)cc2C(C)C)c1. The molecule has 0 aromatic heterocycles. The van der Waals surface area contributed by atoms with Gasteiger partial charge in [-0.1, -0.05) is 58.4 Å². The molecule has 2 N–H and O–H groups in total. The number of benzene rings is 2. The van der Waals surface area contributed by atoms with Crippen molar-refractivity contribution in [1.82, 2.24) is 4.72 Å². The van der Waals surface area contributed by atoms with Crippen LogP contribution in [0.4, 0.5) is 10.5 Å². The number of nitrogens with one attached hydrogen (secondary N) is 2. The van der Waals surface area contributed by atoms with E-state index in [1.54, 1.807) is 25.1 Å². The molecule has 2 amide bonds. The molecule has 0 spiro atoms. The normalized spacial score (nSPS) is 11.6. The van der Waals surface area contributed by atoms with Gasteiger partial charge in [-0.3, -0.25) is 4.79 Å². The highest BCUT2D eigenvalue weighted by Crippen LogP contribution is 2.35. The first-order valence-corrected chi connectivity index (χ1v) is 11.6. The van der Waals surface area contributed by atoms with Gasteiger partial charge < -0.3 is 5.32 Å². The fourth-order valence-corrected chi connectivity index (χ4v) is 4.25. The van der Waals surface area contributed by atoms with Gasteiger partial charge in [0.25, 0.3) is 10.0 Å². The van der Waals surface area contributed by atoms with E-state index < -0.39 is 16.1 Å². The number of carbonyl (C=O) groups excluding carboxylic acids is 2. The number of halogens is 1. The van der Waals surface area contributed by atoms with E-state index in [4.69, 9.17) is 11.6 Å². The van der Waals surface area contributed by atoms with Gasteiger partial charge in [-0.25, -0.2) is 17.9 Å². The summed E-state index contributed by atoms with van der Waals surface area (Å²) < 4.78 is 27.4. The molecule has 0 aliphatic heterocycles. The van der Waals surface area contributed by atoms with Crippen LogP contribution in [0, 0.1) is 0 Å². The Morgan fingerprint density at radius 3 is 2.07 bits per heavy atom. The Balaban J connectivity index is 2.35. The Morgan fingerprint density at radius 2 is 1.57 bits per heavy atom. The number of amides is 2. The van der Waals surface area contributed by atoms with Gasteiger partial charge in [-0.15, -0.1) is 0 Å². The molecule has 162 valence electrons. The van der Waals surface area contributed by atoms with Crippen LogP contribution in [-0.4, -0.2) is 20.2 Å². The van der Waals surface area contributed by atoms with Crippen LogP contribution >= 0.6 is 11.6 Å². The maximum absolute atomic E-state index is 12.7. The van der Waals surface area contributed by atoms with Crippen molar-refractivity contribution < 1.29 is 18.0 Å². The number of ketones is 1. The topological polar surface area (TPSA) is 92.3 Å². The fraction of sp³-hybridized carbons (Fsp3) is 0.364. The first-order chi connectivity index (χ1) is 14.0. The van der Waals surface area contributed by atoms with Gasteiger partial charge in [-0.2, -0.15) is 0 Å². The molecule has 0 fully saturated rings. The molecule has 0 bridgehead atoms. The van der Waals surface area contributed by atoms with Gasteiger partial charge in [0.2, 0.25) is 0 Å². The number of hydrogen-bond donors (Lipinski definition) is 2. The van der Waals surface area contributed by atoms with E-state index in [1.807, 2.05) is 32.4 Å². The molecule has 30 heavy (non-hydrogen) atoms. The molecule has 0 atom stereocenters. The number of Topliss-reactive ketones (excluding diaryl/α,β-unsaturated/α-hetero) is 1. The summed E-state index contributed by atoms with van der Waals surface area (Å²) in [5.74, 6) is -0.0597. The zero-order valence-electron chi connectivity index (χ0n) is 17.7. The largest absolute Gasteiger partial charge is 0.333 e. The molecule has 0 unspecified atom stereocenters. The number of carbonyl (C=O) groups is 2. The van der Waals surface area contributed by atoms with Crippen molar-refractivity contribution in [3.63, 3.8) is 0 Å². The molecule has 2 rings (SSSR count). The molecule has 0 saturated carbocycles. The molecule has 0 heterocycles. The van der Waals surface area contributed by atoms with Crippen molar-refractivity contribution in [2.45, 2.75) is 57.8 Å². The van der Waals surface area contributed by atoms with Crippen LogP contribution in [0.3, 0.4) is 0 Å². The minimum Gasteiger partial charge on any atom is -0.307 e. The molecule has 8 heteroatoms. The Hall–Kier alpha value is -2.38. The van der Waals surface area contributed by atoms with Gasteiger partial charge in [0, 0.05) is 22.7 Å². The van der Waals surface area contributed by atoms with Crippen LogP contribution in [0.25, 0.3) is 0 Å². The van der Waals surface area contributed by atoms with Gasteiger partial charge >= 0.3 is 6.03 Å². The van der Waals surface area contributed by atoms with Crippen molar-refractivity contribution in [1.29, 1.82) is 0 Å². The highest BCUT2D eigenvalue weighted by atomic mass is 35.5. The number of hydrogen-bond acceptors (Lipinski definition) is 4. The fourth-order valence-electron chi connectivity index (χ4n) is 3.07. The monoisotopic (exact) mass is 450 g/mol. The first kappa shape index (κ1) is 23.9. The van der Waals surface area contributed by atoms with Crippen LogP contribution in [0.1, 0.15) is 74.4 Å². The number of urea groups is 1. The van der Waals surface area contributed by atoms with Crippen molar-refractivity contribution in [2.24, 2.45) is 0 Å². The Kier molecular flexibility index (Phi) is 7.66. The number of sulfonamides is 1. The zero-order chi connectivity index (χ0) is 22.6. The molecule has 0 saturated heterocycles. The molecular weight excluding hydrogens is 424 g/mol. The van der Waals surface area contributed by atoms with E-state index in [-0.39, 0.29) is 34.5 Å². The third-order valence-electron chi connectivity index (χ3n) is 4.66. The van der Waals surface area contributed by atoms with Crippen LogP contribution in [0.15, 0.2) is 41.3 Å². The first-order valence-electron chi connectivity index (χ1n) is 9.76. The van der Waals surface area contributed by atoms with Crippen LogP contribution in [0.2, 0.25) is 5.02 Å². The molecule has 0 radical (unpaired) electrons. The predicted octanol–water partition coefficient (Wildman–Crippen LogP) is 5.69. The summed E-state index contributed by atoms with van der Waals surface area (Å²) in [6.45, 7) is 9.55. The second kappa shape index (κ2) is 9.62. The lowest BCUT2D eigenvalue weighted by molar-refractivity contribution is 0.0988. The van der Waals surface area contributed by atoms with E-state index in [0.717, 1.165) is 11.1 Å². The molecule has 6 nitrogen and oxygen atoms in total. The lowest BCUT2D eigenvalue weighted by Gasteiger charge is -2.21. The lowest BCUT2D eigenvalue weighted by Crippen LogP contribution is -2.35. The predicted molar refractivity (Wildman–Crippen MR) is 120 cm³/mol. The Morgan fingerprint density at radius 1 is 1.00 bits per heavy atom. The van der Waals surface area contributed by atoms with E-state index >= 15 is 0 Å². The third-order valence-corrected chi connectivity index (χ3v) is 6.21. The highest BCUT2D eigenvalue weighted by molar-refractivity contribution is 7.90. The number of anilines is 1. The van der Waals surface area contributed by atoms with E-state index in [9.17, 15) is 18.0 Å². The summed E-state index contributed by atoms with van der Waals surface area (Å²) in [7, 11) is -4.16. The molecule has 2 aromatic carbocycles. The van der Waals surface area contributed by atoms with Crippen LogP contribution < -0.4 is 10.0 Å². The lowest BCUT2D eigenvalue weighted by atomic mass is 9.92. The summed E-state index contributed by atoms with van der Waals surface area (Å²) in [6, 6.07) is 8.27. The highest BCUT2D eigenvalue weighted by Gasteiger charge is 2.22. The van der Waals surface area contributed by atoms with Gasteiger partial charge in [0.05, 0.1) is 4.90 Å². The standard InChI is InChI=1S/C22H27ClN2O4S/c1-6-20(26)15-8-7-9-17(10-15)30(28,29)25-22(27)24-21-18(13(2)3)11-16(23)12-19(21)14(4)5/h7-14H,6H2,1-5H3,(H2,24,25,27). The third kappa shape index (κ3) is 5.61. The summed E-state index contributed by atoms with van der Waals surface area (Å²) in [6.07, 6.45) is 0.254. The average molecular weight is 451 g/mol. The van der Waals surface area contributed by atoms with Gasteiger partial charge in [0.1, 0.15) is 0 Å². The second-order valence-corrected chi connectivity index (χ2v) is 9.75. The van der Waals surface area contributed by atoms with Crippen molar-refractivity contribution in [3.05, 3.63) is 58.1 Å². The van der Waals surface area contributed by atoms with Gasteiger partial charge in [0.15, 0.2) is 5.78 Å². The Labute approximate surface area is 183 Å². The summed E-state index contributed by atoms with van der Waals surface area (Å²) >= 11 is 6.23. The maximum atomic E-state index is 12.7. The van der Waals surface area contributed by atoms with E-state index in [1.165, 1.54) is 18.2 Å². The minimum atomic E-state index is -4.16. The van der Waals surface area contributed by atoms with Crippen molar-refractivity contribution in [3.8, 4) is 0 Å². The molecular formula is C22H27ClN2O4S. The van der Waals surface area contributed by atoms with E-state index in [0.29, 0.717) is 10.7 Å². The van der Waals surface area contributed by atoms with Crippen LogP contribution in [-0.2, 0) is 10.0 Å². The summed E-state index contributed by atoms with van der Waals surface area (Å²) in [4.78, 5) is 24.3. The quantitative estimate of drug-likeness (QED) is 0.530. The molecule has 2 aromatic rings.